The monoisotopic (exact) mass is 456 g/mol. The van der Waals surface area contributed by atoms with E-state index in [0.29, 0.717) is 38.3 Å². The van der Waals surface area contributed by atoms with Crippen molar-refractivity contribution in [3.05, 3.63) is 11.5 Å². The summed E-state index contributed by atoms with van der Waals surface area (Å²) in [6.45, 7) is 10.5. The molecule has 3 rings (SSSR count). The molecule has 10 nitrogen and oxygen atoms in total. The molecule has 2 aliphatic rings. The molecular weight excluding hydrogens is 424 g/mol. The lowest BCUT2D eigenvalue weighted by atomic mass is 9.96. The van der Waals surface area contributed by atoms with Crippen molar-refractivity contribution in [3.8, 4) is 0 Å². The summed E-state index contributed by atoms with van der Waals surface area (Å²) in [6, 6.07) is 0. The second-order valence-electron chi connectivity index (χ2n) is 9.15. The number of hydrogen-bond acceptors (Lipinski definition) is 7. The molecule has 1 aromatic heterocycles. The molecule has 1 aromatic rings. The van der Waals surface area contributed by atoms with Crippen LogP contribution in [0, 0.1) is 19.8 Å². The number of piperidine rings is 1. The maximum absolute atomic E-state index is 13.1. The fourth-order valence-corrected chi connectivity index (χ4v) is 5.76. The van der Waals surface area contributed by atoms with Gasteiger partial charge in [0.2, 0.25) is 15.9 Å². The van der Waals surface area contributed by atoms with Crippen LogP contribution < -0.4 is 0 Å². The van der Waals surface area contributed by atoms with Crippen molar-refractivity contribution in [1.29, 1.82) is 0 Å². The lowest BCUT2D eigenvalue weighted by Gasteiger charge is -2.38. The Bertz CT molecular complexity index is 908. The number of carbonyl (C=O) groups is 2. The van der Waals surface area contributed by atoms with E-state index >= 15 is 0 Å². The second kappa shape index (κ2) is 8.78. The number of piperazine rings is 1. The molecule has 0 aliphatic carbocycles. The van der Waals surface area contributed by atoms with Crippen molar-refractivity contribution in [3.63, 3.8) is 0 Å². The first-order valence-corrected chi connectivity index (χ1v) is 12.0. The van der Waals surface area contributed by atoms with Crippen LogP contribution in [0.25, 0.3) is 0 Å². The van der Waals surface area contributed by atoms with Crippen molar-refractivity contribution in [2.24, 2.45) is 5.92 Å². The number of likely N-dealkylation sites (tertiary alicyclic amines) is 1. The zero-order chi connectivity index (χ0) is 23.0. The summed E-state index contributed by atoms with van der Waals surface area (Å²) >= 11 is 0. The highest BCUT2D eigenvalue weighted by Gasteiger charge is 2.37. The summed E-state index contributed by atoms with van der Waals surface area (Å²) in [7, 11) is -3.72. The first-order valence-electron chi connectivity index (χ1n) is 10.6. The number of nitrogens with zero attached hydrogens (tertiary/aromatic N) is 4. The van der Waals surface area contributed by atoms with E-state index in [-0.39, 0.29) is 35.6 Å². The third-order valence-corrected chi connectivity index (χ3v) is 7.68. The van der Waals surface area contributed by atoms with E-state index in [1.165, 1.54) is 4.31 Å². The smallest absolute Gasteiger partial charge is 0.410 e. The number of aromatic nitrogens is 1. The first kappa shape index (κ1) is 23.5. The van der Waals surface area contributed by atoms with E-state index in [2.05, 4.69) is 5.16 Å². The Labute approximate surface area is 183 Å². The Hall–Kier alpha value is -2.14. The van der Waals surface area contributed by atoms with Gasteiger partial charge < -0.3 is 19.1 Å². The van der Waals surface area contributed by atoms with Crippen LogP contribution in [0.2, 0.25) is 0 Å². The molecule has 0 N–H and O–H groups in total. The molecule has 2 aliphatic heterocycles. The van der Waals surface area contributed by atoms with Crippen LogP contribution in [0.4, 0.5) is 4.79 Å². The summed E-state index contributed by atoms with van der Waals surface area (Å²) in [6.07, 6.45) is 1.03. The molecule has 11 heteroatoms. The van der Waals surface area contributed by atoms with Crippen molar-refractivity contribution < 1.29 is 27.3 Å². The number of rotatable bonds is 3. The fourth-order valence-electron chi connectivity index (χ4n) is 4.05. The van der Waals surface area contributed by atoms with Gasteiger partial charge in [-0.3, -0.25) is 4.79 Å². The predicted octanol–water partition coefficient (Wildman–Crippen LogP) is 1.77. The SMILES string of the molecule is Cc1noc(C)c1S(=O)(=O)N1CCN(C(=O)C2CCCN(C(=O)OC(C)(C)C)C2)CC1. The van der Waals surface area contributed by atoms with Gasteiger partial charge in [0, 0.05) is 39.3 Å². The van der Waals surface area contributed by atoms with Crippen LogP contribution in [-0.4, -0.2) is 84.5 Å². The molecule has 0 bridgehead atoms. The second-order valence-corrected chi connectivity index (χ2v) is 11.0. The van der Waals surface area contributed by atoms with Gasteiger partial charge in [0.05, 0.1) is 5.92 Å². The standard InChI is InChI=1S/C20H32N4O6S/c1-14-17(15(2)30-21-14)31(27,28)24-11-9-22(10-12-24)18(25)16-7-6-8-23(13-16)19(26)29-20(3,4)5/h16H,6-13H2,1-5H3. The maximum atomic E-state index is 13.1. The summed E-state index contributed by atoms with van der Waals surface area (Å²) < 4.78 is 37.7. The summed E-state index contributed by atoms with van der Waals surface area (Å²) in [4.78, 5) is 28.8. The minimum absolute atomic E-state index is 0.0392. The van der Waals surface area contributed by atoms with E-state index in [0.717, 1.165) is 6.42 Å². The molecule has 3 heterocycles. The molecular formula is C20H32N4O6S. The maximum Gasteiger partial charge on any atom is 0.410 e. The number of carbonyl (C=O) groups excluding carboxylic acids is 2. The number of ether oxygens (including phenoxy) is 1. The van der Waals surface area contributed by atoms with Crippen molar-refractivity contribution in [2.75, 3.05) is 39.3 Å². The zero-order valence-corrected chi connectivity index (χ0v) is 19.7. The van der Waals surface area contributed by atoms with E-state index in [9.17, 15) is 18.0 Å². The van der Waals surface area contributed by atoms with E-state index in [1.54, 1.807) is 23.6 Å². The normalized spacial score (nSPS) is 21.3. The van der Waals surface area contributed by atoms with Gasteiger partial charge in [0.15, 0.2) is 5.76 Å². The number of amides is 2. The van der Waals surface area contributed by atoms with Crippen LogP contribution >= 0.6 is 0 Å². The molecule has 174 valence electrons. The van der Waals surface area contributed by atoms with Crippen LogP contribution in [0.1, 0.15) is 45.1 Å². The van der Waals surface area contributed by atoms with Crippen molar-refractivity contribution in [2.45, 2.75) is 58.0 Å². The third-order valence-electron chi connectivity index (χ3n) is 5.54. The Kier molecular flexibility index (Phi) is 6.66. The number of sulfonamides is 1. The minimum Gasteiger partial charge on any atom is -0.444 e. The van der Waals surface area contributed by atoms with Crippen molar-refractivity contribution in [1.82, 2.24) is 19.3 Å². The van der Waals surface area contributed by atoms with Crippen LogP contribution in [0.15, 0.2) is 9.42 Å². The fraction of sp³-hybridized carbons (Fsp3) is 0.750. The van der Waals surface area contributed by atoms with Gasteiger partial charge in [-0.25, -0.2) is 13.2 Å². The number of hydrogen-bond donors (Lipinski definition) is 0. The highest BCUT2D eigenvalue weighted by molar-refractivity contribution is 7.89. The Morgan fingerprint density at radius 3 is 2.26 bits per heavy atom. The molecule has 1 unspecified atom stereocenters. The van der Waals surface area contributed by atoms with Crippen LogP contribution in [0.5, 0.6) is 0 Å². The third kappa shape index (κ3) is 5.20. The van der Waals surface area contributed by atoms with E-state index in [4.69, 9.17) is 9.26 Å². The molecule has 0 aromatic carbocycles. The van der Waals surface area contributed by atoms with Gasteiger partial charge in [-0.15, -0.1) is 0 Å². The highest BCUT2D eigenvalue weighted by Crippen LogP contribution is 2.26. The summed E-state index contributed by atoms with van der Waals surface area (Å²) in [5.74, 6) is -0.0740. The Morgan fingerprint density at radius 1 is 1.06 bits per heavy atom. The topological polar surface area (TPSA) is 113 Å². The average Bonchev–Trinajstić information content (AvgIpc) is 3.05. The quantitative estimate of drug-likeness (QED) is 0.681. The van der Waals surface area contributed by atoms with E-state index < -0.39 is 21.7 Å². The average molecular weight is 457 g/mol. The lowest BCUT2D eigenvalue weighted by molar-refractivity contribution is -0.138. The largest absolute Gasteiger partial charge is 0.444 e. The first-order chi connectivity index (χ1) is 14.4. The van der Waals surface area contributed by atoms with Gasteiger partial charge in [-0.2, -0.15) is 4.31 Å². The zero-order valence-electron chi connectivity index (χ0n) is 18.9. The minimum atomic E-state index is -3.72. The predicted molar refractivity (Wildman–Crippen MR) is 112 cm³/mol. The summed E-state index contributed by atoms with van der Waals surface area (Å²) in [5, 5.41) is 3.74. The van der Waals surface area contributed by atoms with Crippen LogP contribution in [-0.2, 0) is 19.6 Å². The Morgan fingerprint density at radius 2 is 1.71 bits per heavy atom. The van der Waals surface area contributed by atoms with Crippen molar-refractivity contribution >= 4 is 22.0 Å². The molecule has 0 radical (unpaired) electrons. The molecule has 2 saturated heterocycles. The summed E-state index contributed by atoms with van der Waals surface area (Å²) in [5.41, 5.74) is -0.252. The molecule has 31 heavy (non-hydrogen) atoms. The number of aryl methyl sites for hydroxylation is 2. The van der Waals surface area contributed by atoms with Gasteiger partial charge in [-0.05, 0) is 47.5 Å². The van der Waals surface area contributed by atoms with Gasteiger partial charge in [0.1, 0.15) is 16.2 Å². The van der Waals surface area contributed by atoms with Crippen LogP contribution in [0.3, 0.4) is 0 Å². The lowest BCUT2D eigenvalue weighted by Crippen LogP contribution is -2.54. The highest BCUT2D eigenvalue weighted by atomic mass is 32.2. The molecule has 2 amide bonds. The molecule has 0 spiro atoms. The molecule has 1 atom stereocenters. The van der Waals surface area contributed by atoms with E-state index in [1.807, 2.05) is 20.8 Å². The molecule has 0 saturated carbocycles. The van der Waals surface area contributed by atoms with Gasteiger partial charge in [-0.1, -0.05) is 5.16 Å². The Balaban J connectivity index is 1.59. The molecule has 2 fully saturated rings. The van der Waals surface area contributed by atoms with Gasteiger partial charge >= 0.3 is 6.09 Å². The van der Waals surface area contributed by atoms with Gasteiger partial charge in [0.25, 0.3) is 0 Å².